The highest BCUT2D eigenvalue weighted by atomic mass is 16.6. The lowest BCUT2D eigenvalue weighted by atomic mass is 9.89. The van der Waals surface area contributed by atoms with Gasteiger partial charge in [-0.05, 0) is 35.1 Å². The van der Waals surface area contributed by atoms with Crippen LogP contribution in [0.5, 0.6) is 0 Å². The zero-order valence-electron chi connectivity index (χ0n) is 16.8. The third kappa shape index (κ3) is 2.98. The molecule has 1 N–H and O–H groups in total. The minimum absolute atomic E-state index is 0.0499. The molecule has 2 aromatic carbocycles. The Morgan fingerprint density at radius 1 is 1.03 bits per heavy atom. The van der Waals surface area contributed by atoms with Crippen molar-refractivity contribution in [3.05, 3.63) is 59.7 Å². The van der Waals surface area contributed by atoms with Gasteiger partial charge in [0.15, 0.2) is 6.04 Å². The van der Waals surface area contributed by atoms with Gasteiger partial charge in [0.25, 0.3) is 0 Å². The van der Waals surface area contributed by atoms with Gasteiger partial charge in [0.1, 0.15) is 6.61 Å². The molecule has 0 bridgehead atoms. The second-order valence-corrected chi connectivity index (χ2v) is 8.36. The highest BCUT2D eigenvalue weighted by Gasteiger charge is 2.53. The molecule has 1 unspecified atom stereocenters. The van der Waals surface area contributed by atoms with Crippen LogP contribution >= 0.6 is 0 Å². The van der Waals surface area contributed by atoms with Crippen LogP contribution in [0, 0.1) is 0 Å². The zero-order chi connectivity index (χ0) is 20.7. The number of amides is 1. The maximum atomic E-state index is 13.0. The number of carbonyl (C=O) groups excluding carboxylic acids is 1. The van der Waals surface area contributed by atoms with Crippen LogP contribution in [0.2, 0.25) is 0 Å². The van der Waals surface area contributed by atoms with E-state index in [0.29, 0.717) is 19.4 Å². The van der Waals surface area contributed by atoms with Crippen molar-refractivity contribution in [1.82, 2.24) is 4.90 Å². The molecule has 2 aliphatic carbocycles. The van der Waals surface area contributed by atoms with E-state index in [9.17, 15) is 14.7 Å². The van der Waals surface area contributed by atoms with E-state index in [0.717, 1.165) is 35.1 Å². The quantitative estimate of drug-likeness (QED) is 0.831. The number of carboxylic acids is 1. The van der Waals surface area contributed by atoms with Crippen molar-refractivity contribution in [3.8, 4) is 11.1 Å². The minimum atomic E-state index is -1.02. The van der Waals surface area contributed by atoms with E-state index in [-0.39, 0.29) is 19.1 Å². The standard InChI is InChI=1S/C24H25NO5/c26-22(27)21-24(11-5-6-12-24)30-14-13-25(21)23(28)29-15-20-18-9-3-1-7-16(18)17-8-2-4-10-19(17)20/h1-4,7-10,20-21H,5-6,11-15H2,(H,26,27). The van der Waals surface area contributed by atoms with Gasteiger partial charge < -0.3 is 14.6 Å². The summed E-state index contributed by atoms with van der Waals surface area (Å²) in [5.41, 5.74) is 3.81. The number of carbonyl (C=O) groups is 2. The van der Waals surface area contributed by atoms with Gasteiger partial charge in [0.2, 0.25) is 0 Å². The summed E-state index contributed by atoms with van der Waals surface area (Å²) in [6.07, 6.45) is 2.60. The van der Waals surface area contributed by atoms with Crippen molar-refractivity contribution in [2.45, 2.75) is 43.2 Å². The minimum Gasteiger partial charge on any atom is -0.480 e. The predicted octanol–water partition coefficient (Wildman–Crippen LogP) is 4.03. The summed E-state index contributed by atoms with van der Waals surface area (Å²) in [4.78, 5) is 26.5. The van der Waals surface area contributed by atoms with Gasteiger partial charge in [0, 0.05) is 12.5 Å². The van der Waals surface area contributed by atoms with Gasteiger partial charge in [-0.15, -0.1) is 0 Å². The number of aliphatic carboxylic acids is 1. The highest BCUT2D eigenvalue weighted by Crippen LogP contribution is 2.45. The summed E-state index contributed by atoms with van der Waals surface area (Å²) in [6, 6.07) is 15.3. The van der Waals surface area contributed by atoms with Gasteiger partial charge in [-0.2, -0.15) is 0 Å². The van der Waals surface area contributed by atoms with Gasteiger partial charge in [-0.3, -0.25) is 4.90 Å². The lowest BCUT2D eigenvalue weighted by Crippen LogP contribution is -2.63. The van der Waals surface area contributed by atoms with Crippen LogP contribution in [0.15, 0.2) is 48.5 Å². The van der Waals surface area contributed by atoms with E-state index < -0.39 is 23.7 Å². The number of fused-ring (bicyclic) bond motifs is 3. The Balaban J connectivity index is 1.37. The molecule has 1 atom stereocenters. The number of ether oxygens (including phenoxy) is 2. The van der Waals surface area contributed by atoms with Crippen LogP contribution in [-0.4, -0.2) is 53.5 Å². The molecule has 0 aromatic heterocycles. The fourth-order valence-electron chi connectivity index (χ4n) is 5.46. The molecule has 2 fully saturated rings. The molecule has 30 heavy (non-hydrogen) atoms. The van der Waals surface area contributed by atoms with Crippen LogP contribution in [0.3, 0.4) is 0 Å². The lowest BCUT2D eigenvalue weighted by Gasteiger charge is -2.45. The van der Waals surface area contributed by atoms with Crippen molar-refractivity contribution in [3.63, 3.8) is 0 Å². The Morgan fingerprint density at radius 2 is 1.63 bits per heavy atom. The van der Waals surface area contributed by atoms with Crippen molar-refractivity contribution in [1.29, 1.82) is 0 Å². The molecule has 1 saturated carbocycles. The van der Waals surface area contributed by atoms with E-state index in [4.69, 9.17) is 9.47 Å². The Morgan fingerprint density at radius 3 is 2.23 bits per heavy atom. The molecule has 0 radical (unpaired) electrons. The summed E-state index contributed by atoms with van der Waals surface area (Å²) in [6.45, 7) is 0.757. The van der Waals surface area contributed by atoms with Crippen molar-refractivity contribution < 1.29 is 24.2 Å². The van der Waals surface area contributed by atoms with Crippen LogP contribution in [0.1, 0.15) is 42.7 Å². The van der Waals surface area contributed by atoms with Gasteiger partial charge in [-0.25, -0.2) is 9.59 Å². The molecule has 6 nitrogen and oxygen atoms in total. The number of morpholine rings is 1. The first-order valence-corrected chi connectivity index (χ1v) is 10.6. The predicted molar refractivity (Wildman–Crippen MR) is 110 cm³/mol. The molecule has 3 aliphatic rings. The lowest BCUT2D eigenvalue weighted by molar-refractivity contribution is -0.174. The summed E-state index contributed by atoms with van der Waals surface area (Å²) < 4.78 is 11.7. The molecule has 156 valence electrons. The third-order valence-electron chi connectivity index (χ3n) is 6.79. The maximum Gasteiger partial charge on any atom is 0.410 e. The first-order chi connectivity index (χ1) is 14.6. The average molecular weight is 407 g/mol. The SMILES string of the molecule is O=C(O)C1N(C(=O)OCC2c3ccccc3-c3ccccc32)CCOC12CCCC2. The smallest absolute Gasteiger partial charge is 0.410 e. The summed E-state index contributed by atoms with van der Waals surface area (Å²) in [7, 11) is 0. The Kier molecular flexibility index (Phi) is 4.74. The van der Waals surface area contributed by atoms with E-state index in [1.807, 2.05) is 24.3 Å². The number of benzene rings is 2. The monoisotopic (exact) mass is 407 g/mol. The van der Waals surface area contributed by atoms with E-state index in [2.05, 4.69) is 24.3 Å². The number of nitrogens with zero attached hydrogens (tertiary/aromatic N) is 1. The molecule has 1 heterocycles. The Bertz CT molecular complexity index is 936. The second-order valence-electron chi connectivity index (χ2n) is 8.36. The Labute approximate surface area is 175 Å². The molecule has 2 aromatic rings. The molecular weight excluding hydrogens is 382 g/mol. The second kappa shape index (κ2) is 7.43. The van der Waals surface area contributed by atoms with Crippen molar-refractivity contribution in [2.24, 2.45) is 0 Å². The molecule has 1 saturated heterocycles. The van der Waals surface area contributed by atoms with E-state index in [1.54, 1.807) is 0 Å². The fourth-order valence-corrected chi connectivity index (χ4v) is 5.46. The topological polar surface area (TPSA) is 76.1 Å². The van der Waals surface area contributed by atoms with Gasteiger partial charge >= 0.3 is 12.1 Å². The zero-order valence-corrected chi connectivity index (χ0v) is 16.8. The number of carboxylic acid groups (broad SMARTS) is 1. The van der Waals surface area contributed by atoms with E-state index >= 15 is 0 Å². The number of hydrogen-bond acceptors (Lipinski definition) is 4. The van der Waals surface area contributed by atoms with E-state index in [1.165, 1.54) is 4.90 Å². The molecule has 1 amide bonds. The average Bonchev–Trinajstić information content (AvgIpc) is 3.34. The van der Waals surface area contributed by atoms with Crippen LogP contribution < -0.4 is 0 Å². The van der Waals surface area contributed by atoms with Crippen molar-refractivity contribution >= 4 is 12.1 Å². The number of hydrogen-bond donors (Lipinski definition) is 1. The summed E-state index contributed by atoms with van der Waals surface area (Å²) in [5, 5.41) is 9.89. The third-order valence-corrected chi connectivity index (χ3v) is 6.79. The highest BCUT2D eigenvalue weighted by molar-refractivity contribution is 5.82. The normalized spacial score (nSPS) is 22.0. The van der Waals surface area contributed by atoms with Crippen LogP contribution in [0.4, 0.5) is 4.79 Å². The molecule has 1 spiro atoms. The molecule has 6 heteroatoms. The first kappa shape index (κ1) is 19.1. The molecule has 5 rings (SSSR count). The number of rotatable bonds is 3. The van der Waals surface area contributed by atoms with Crippen LogP contribution in [-0.2, 0) is 14.3 Å². The van der Waals surface area contributed by atoms with Crippen molar-refractivity contribution in [2.75, 3.05) is 19.8 Å². The molecule has 1 aliphatic heterocycles. The summed E-state index contributed by atoms with van der Waals surface area (Å²) >= 11 is 0. The first-order valence-electron chi connectivity index (χ1n) is 10.6. The summed E-state index contributed by atoms with van der Waals surface area (Å²) in [5.74, 6) is -1.07. The largest absolute Gasteiger partial charge is 0.480 e. The van der Waals surface area contributed by atoms with Gasteiger partial charge in [-0.1, -0.05) is 61.4 Å². The van der Waals surface area contributed by atoms with Crippen LogP contribution in [0.25, 0.3) is 11.1 Å². The Hall–Kier alpha value is -2.86. The fraction of sp³-hybridized carbons (Fsp3) is 0.417. The van der Waals surface area contributed by atoms with Gasteiger partial charge in [0.05, 0.1) is 12.2 Å². The maximum absolute atomic E-state index is 13.0. The molecular formula is C24H25NO5.